The van der Waals surface area contributed by atoms with Gasteiger partial charge in [-0.1, -0.05) is 22.9 Å². The van der Waals surface area contributed by atoms with Crippen molar-refractivity contribution in [3.8, 4) is 5.75 Å². The lowest BCUT2D eigenvalue weighted by molar-refractivity contribution is 0.322. The highest BCUT2D eigenvalue weighted by molar-refractivity contribution is 9.11. The van der Waals surface area contributed by atoms with Crippen molar-refractivity contribution in [1.29, 1.82) is 0 Å². The minimum Gasteiger partial charge on any atom is -0.411 e. The second-order valence-corrected chi connectivity index (χ2v) is 7.66. The van der Waals surface area contributed by atoms with Crippen LogP contribution >= 0.6 is 31.9 Å². The van der Waals surface area contributed by atoms with Crippen molar-refractivity contribution >= 4 is 48.2 Å². The van der Waals surface area contributed by atoms with Crippen LogP contribution in [0.5, 0.6) is 5.75 Å². The van der Waals surface area contributed by atoms with E-state index in [4.69, 9.17) is 9.39 Å². The third-order valence-electron chi connectivity index (χ3n) is 2.73. The van der Waals surface area contributed by atoms with Gasteiger partial charge in [-0.15, -0.1) is 0 Å². The molecule has 0 aliphatic carbocycles. The Balaban J connectivity index is 2.39. The molecule has 8 heteroatoms. The average molecular weight is 449 g/mol. The molecule has 116 valence electrons. The van der Waals surface area contributed by atoms with Gasteiger partial charge in [0, 0.05) is 0 Å². The summed E-state index contributed by atoms with van der Waals surface area (Å²) in [6, 6.07) is 9.51. The van der Waals surface area contributed by atoms with Gasteiger partial charge in [-0.25, -0.2) is 0 Å². The number of rotatable bonds is 4. The molecule has 2 aromatic rings. The van der Waals surface area contributed by atoms with E-state index in [1.165, 1.54) is 18.3 Å². The van der Waals surface area contributed by atoms with Gasteiger partial charge < -0.3 is 9.39 Å². The van der Waals surface area contributed by atoms with Crippen LogP contribution in [0.4, 0.5) is 0 Å². The Labute approximate surface area is 145 Å². The number of hydrogen-bond acceptors (Lipinski definition) is 5. The Morgan fingerprint density at radius 1 is 1.14 bits per heavy atom. The minimum absolute atomic E-state index is 0.0675. The molecule has 0 fully saturated rings. The molecule has 0 saturated carbocycles. The van der Waals surface area contributed by atoms with E-state index in [0.717, 1.165) is 5.56 Å². The zero-order chi connectivity index (χ0) is 16.3. The van der Waals surface area contributed by atoms with Crippen molar-refractivity contribution in [2.75, 3.05) is 0 Å². The first kappa shape index (κ1) is 17.0. The van der Waals surface area contributed by atoms with Gasteiger partial charge in [0.2, 0.25) is 0 Å². The lowest BCUT2D eigenvalue weighted by Crippen LogP contribution is -2.10. The highest BCUT2D eigenvalue weighted by atomic mass is 79.9. The summed E-state index contributed by atoms with van der Waals surface area (Å²) in [5, 5.41) is 11.5. The normalized spacial score (nSPS) is 11.8. The van der Waals surface area contributed by atoms with Gasteiger partial charge in [-0.05, 0) is 68.6 Å². The van der Waals surface area contributed by atoms with E-state index >= 15 is 0 Å². The molecule has 0 aromatic heterocycles. The van der Waals surface area contributed by atoms with Crippen LogP contribution in [0.15, 0.2) is 55.4 Å². The molecule has 0 bridgehead atoms. The third kappa shape index (κ3) is 3.88. The van der Waals surface area contributed by atoms with Crippen molar-refractivity contribution in [3.63, 3.8) is 0 Å². The first-order valence-electron chi connectivity index (χ1n) is 6.01. The molecule has 0 unspecified atom stereocenters. The van der Waals surface area contributed by atoms with Crippen LogP contribution < -0.4 is 4.18 Å². The van der Waals surface area contributed by atoms with E-state index in [1.807, 2.05) is 6.92 Å². The molecule has 1 N–H and O–H groups in total. The predicted octanol–water partition coefficient (Wildman–Crippen LogP) is 4.10. The first-order chi connectivity index (χ1) is 10.3. The predicted molar refractivity (Wildman–Crippen MR) is 90.2 cm³/mol. The molecule has 5 nitrogen and oxygen atoms in total. The van der Waals surface area contributed by atoms with Crippen LogP contribution in [0, 0.1) is 6.92 Å². The standard InChI is InChI=1S/C14H11Br2NO4S/c1-9-2-4-11(5-3-9)22(19,20)21-14-12(15)6-10(8-17-18)7-13(14)16/h2-8,18H,1H3/b17-8-. The summed E-state index contributed by atoms with van der Waals surface area (Å²) in [5.74, 6) is 0.121. The Hall–Kier alpha value is -1.38. The van der Waals surface area contributed by atoms with Gasteiger partial charge in [0.05, 0.1) is 15.2 Å². The zero-order valence-electron chi connectivity index (χ0n) is 11.3. The minimum atomic E-state index is -3.94. The molecule has 0 saturated heterocycles. The van der Waals surface area contributed by atoms with Gasteiger partial charge in [0.1, 0.15) is 4.90 Å². The number of aryl methyl sites for hydroxylation is 1. The largest absolute Gasteiger partial charge is 0.411 e. The zero-order valence-corrected chi connectivity index (χ0v) is 15.3. The molecule has 0 radical (unpaired) electrons. The molecule has 0 spiro atoms. The first-order valence-corrected chi connectivity index (χ1v) is 9.00. The molecule has 0 aliphatic rings. The number of halogens is 2. The molecule has 22 heavy (non-hydrogen) atoms. The molecule has 0 amide bonds. The Kier molecular flexibility index (Phi) is 5.25. The quantitative estimate of drug-likeness (QED) is 0.330. The van der Waals surface area contributed by atoms with Crippen LogP contribution in [0.3, 0.4) is 0 Å². The summed E-state index contributed by atoms with van der Waals surface area (Å²) in [6.07, 6.45) is 1.22. The number of oxime groups is 1. The maximum Gasteiger partial charge on any atom is 0.339 e. The van der Waals surface area contributed by atoms with Crippen molar-refractivity contribution in [2.24, 2.45) is 5.16 Å². The monoisotopic (exact) mass is 447 g/mol. The van der Waals surface area contributed by atoms with Gasteiger partial charge in [0.15, 0.2) is 5.75 Å². The fourth-order valence-electron chi connectivity index (χ4n) is 1.66. The van der Waals surface area contributed by atoms with Gasteiger partial charge in [-0.2, -0.15) is 8.42 Å². The maximum absolute atomic E-state index is 12.3. The van der Waals surface area contributed by atoms with E-state index in [9.17, 15) is 8.42 Å². The smallest absolute Gasteiger partial charge is 0.339 e. The summed E-state index contributed by atoms with van der Waals surface area (Å²) >= 11 is 6.48. The molecule has 0 heterocycles. The fourth-order valence-corrected chi connectivity index (χ4v) is 4.23. The highest BCUT2D eigenvalue weighted by Gasteiger charge is 2.20. The van der Waals surface area contributed by atoms with E-state index in [2.05, 4.69) is 37.0 Å². The molecule has 0 aliphatic heterocycles. The highest BCUT2D eigenvalue weighted by Crippen LogP contribution is 2.36. The lowest BCUT2D eigenvalue weighted by atomic mass is 10.2. The van der Waals surface area contributed by atoms with Gasteiger partial charge >= 0.3 is 10.1 Å². The van der Waals surface area contributed by atoms with Crippen LogP contribution in [-0.4, -0.2) is 19.8 Å². The van der Waals surface area contributed by atoms with E-state index < -0.39 is 10.1 Å². The Morgan fingerprint density at radius 3 is 2.18 bits per heavy atom. The van der Waals surface area contributed by atoms with Crippen molar-refractivity contribution < 1.29 is 17.8 Å². The molecular weight excluding hydrogens is 438 g/mol. The Morgan fingerprint density at radius 2 is 1.68 bits per heavy atom. The van der Waals surface area contributed by atoms with Crippen LogP contribution in [-0.2, 0) is 10.1 Å². The van der Waals surface area contributed by atoms with Crippen LogP contribution in [0.2, 0.25) is 0 Å². The van der Waals surface area contributed by atoms with Gasteiger partial charge in [0.25, 0.3) is 0 Å². The third-order valence-corrected chi connectivity index (χ3v) is 5.14. The van der Waals surface area contributed by atoms with Crippen molar-refractivity contribution in [2.45, 2.75) is 11.8 Å². The van der Waals surface area contributed by atoms with E-state index in [0.29, 0.717) is 14.5 Å². The summed E-state index contributed by atoms with van der Waals surface area (Å²) in [6.45, 7) is 1.87. The second-order valence-electron chi connectivity index (χ2n) is 4.41. The van der Waals surface area contributed by atoms with Crippen LogP contribution in [0.25, 0.3) is 0 Å². The second kappa shape index (κ2) is 6.80. The number of hydrogen-bond donors (Lipinski definition) is 1. The SMILES string of the molecule is Cc1ccc(S(=O)(=O)Oc2c(Br)cc(/C=N\O)cc2Br)cc1. The van der Waals surface area contributed by atoms with Crippen molar-refractivity contribution in [1.82, 2.24) is 0 Å². The Bertz CT molecular complexity index is 794. The fraction of sp³-hybridized carbons (Fsp3) is 0.0714. The van der Waals surface area contributed by atoms with E-state index in [-0.39, 0.29) is 10.6 Å². The summed E-state index contributed by atoms with van der Waals surface area (Å²) in [7, 11) is -3.94. The maximum atomic E-state index is 12.3. The molecule has 0 atom stereocenters. The summed E-state index contributed by atoms with van der Waals surface area (Å²) in [5.41, 5.74) is 1.52. The molecule has 2 rings (SSSR count). The van der Waals surface area contributed by atoms with Gasteiger partial charge in [-0.3, -0.25) is 0 Å². The summed E-state index contributed by atoms with van der Waals surface area (Å²) < 4.78 is 30.6. The number of nitrogens with zero attached hydrogens (tertiary/aromatic N) is 1. The number of benzene rings is 2. The molecule has 2 aromatic carbocycles. The average Bonchev–Trinajstić information content (AvgIpc) is 2.44. The molecular formula is C14H11Br2NO4S. The van der Waals surface area contributed by atoms with E-state index in [1.54, 1.807) is 24.3 Å². The lowest BCUT2D eigenvalue weighted by Gasteiger charge is -2.11. The summed E-state index contributed by atoms with van der Waals surface area (Å²) in [4.78, 5) is 0.0675. The van der Waals surface area contributed by atoms with Crippen LogP contribution in [0.1, 0.15) is 11.1 Å². The van der Waals surface area contributed by atoms with Crippen molar-refractivity contribution in [3.05, 3.63) is 56.5 Å². The topological polar surface area (TPSA) is 76.0 Å².